The molecule has 6 heteroatoms. The number of aliphatic carboxylic acids is 1. The molecule has 6 nitrogen and oxygen atoms in total. The molecule has 0 aliphatic carbocycles. The Bertz CT molecular complexity index is 340. The smallest absolute Gasteiger partial charge is 0.326 e. The molecule has 0 aromatic heterocycles. The summed E-state index contributed by atoms with van der Waals surface area (Å²) in [5.74, 6) is -1.80. The molecule has 17 heavy (non-hydrogen) atoms. The van der Waals surface area contributed by atoms with Gasteiger partial charge in [-0.25, -0.2) is 4.79 Å². The number of carboxylic acids is 1. The van der Waals surface area contributed by atoms with Crippen LogP contribution in [0.4, 0.5) is 0 Å². The summed E-state index contributed by atoms with van der Waals surface area (Å²) in [7, 11) is 0. The highest BCUT2D eigenvalue weighted by molar-refractivity contribution is 5.92. The van der Waals surface area contributed by atoms with E-state index in [4.69, 9.17) is 5.11 Å². The van der Waals surface area contributed by atoms with Gasteiger partial charge in [0.25, 0.3) is 0 Å². The highest BCUT2D eigenvalue weighted by atomic mass is 16.4. The molecule has 1 atom stereocenters. The molecule has 1 heterocycles. The van der Waals surface area contributed by atoms with Crippen LogP contribution in [-0.4, -0.2) is 46.9 Å². The second-order valence-electron chi connectivity index (χ2n) is 3.86. The lowest BCUT2D eigenvalue weighted by Crippen LogP contribution is -2.51. The monoisotopic (exact) mass is 240 g/mol. The molecule has 2 amide bonds. The van der Waals surface area contributed by atoms with Gasteiger partial charge in [-0.2, -0.15) is 0 Å². The van der Waals surface area contributed by atoms with Crippen LogP contribution in [0.15, 0.2) is 12.7 Å². The van der Waals surface area contributed by atoms with Crippen LogP contribution in [0.3, 0.4) is 0 Å². The minimum Gasteiger partial charge on any atom is -0.480 e. The maximum Gasteiger partial charge on any atom is 0.326 e. The van der Waals surface area contributed by atoms with E-state index in [1.165, 1.54) is 4.90 Å². The Morgan fingerprint density at radius 1 is 1.41 bits per heavy atom. The van der Waals surface area contributed by atoms with E-state index >= 15 is 0 Å². The van der Waals surface area contributed by atoms with Gasteiger partial charge in [0.1, 0.15) is 6.04 Å². The third kappa shape index (κ3) is 3.58. The highest BCUT2D eigenvalue weighted by Crippen LogP contribution is 2.17. The van der Waals surface area contributed by atoms with Gasteiger partial charge in [-0.15, -0.1) is 0 Å². The Morgan fingerprint density at radius 3 is 2.71 bits per heavy atom. The van der Waals surface area contributed by atoms with Crippen molar-refractivity contribution in [3.05, 3.63) is 12.7 Å². The number of nitrogens with one attached hydrogen (secondary N) is 1. The number of rotatable bonds is 4. The maximum atomic E-state index is 11.7. The fraction of sp³-hybridized carbons (Fsp3) is 0.545. The van der Waals surface area contributed by atoms with Crippen LogP contribution in [0.1, 0.15) is 19.3 Å². The van der Waals surface area contributed by atoms with Gasteiger partial charge in [0.05, 0.1) is 6.54 Å². The number of amides is 2. The quantitative estimate of drug-likeness (QED) is 0.664. The number of likely N-dealkylation sites (tertiary alicyclic amines) is 1. The molecule has 0 unspecified atom stereocenters. The molecule has 0 spiro atoms. The van der Waals surface area contributed by atoms with Gasteiger partial charge in [-0.3, -0.25) is 9.59 Å². The largest absolute Gasteiger partial charge is 0.480 e. The predicted octanol–water partition coefficient (Wildman–Crippen LogP) is -0.246. The number of hydrogen-bond acceptors (Lipinski definition) is 3. The van der Waals surface area contributed by atoms with Crippen molar-refractivity contribution in [3.63, 3.8) is 0 Å². The first-order valence-corrected chi connectivity index (χ1v) is 5.48. The summed E-state index contributed by atoms with van der Waals surface area (Å²) in [6, 6.07) is -0.767. The number of carboxylic acid groups (broad SMARTS) is 1. The van der Waals surface area contributed by atoms with Crippen molar-refractivity contribution < 1.29 is 19.5 Å². The van der Waals surface area contributed by atoms with E-state index in [1.807, 2.05) is 0 Å². The van der Waals surface area contributed by atoms with E-state index in [1.54, 1.807) is 0 Å². The standard InChI is InChI=1S/C11H16N2O4/c1-2-9(14)12-7-10(15)13-6-4-3-5-8(13)11(16)17/h2,8H,1,3-7H2,(H,12,14)(H,16,17)/t8-/m0/s1. The molecule has 94 valence electrons. The molecular weight excluding hydrogens is 224 g/mol. The van der Waals surface area contributed by atoms with Crippen molar-refractivity contribution in [2.75, 3.05) is 13.1 Å². The Hall–Kier alpha value is -1.85. The number of nitrogens with zero attached hydrogens (tertiary/aromatic N) is 1. The molecule has 0 radical (unpaired) electrons. The first-order valence-electron chi connectivity index (χ1n) is 5.48. The van der Waals surface area contributed by atoms with Gasteiger partial charge in [0, 0.05) is 6.54 Å². The van der Waals surface area contributed by atoms with E-state index in [0.29, 0.717) is 13.0 Å². The normalized spacial score (nSPS) is 19.5. The van der Waals surface area contributed by atoms with Crippen LogP contribution in [0, 0.1) is 0 Å². The highest BCUT2D eigenvalue weighted by Gasteiger charge is 2.31. The van der Waals surface area contributed by atoms with Crippen LogP contribution in [0.5, 0.6) is 0 Å². The molecule has 1 rings (SSSR count). The Morgan fingerprint density at radius 2 is 2.12 bits per heavy atom. The summed E-state index contributed by atoms with van der Waals surface area (Å²) < 4.78 is 0. The van der Waals surface area contributed by atoms with Gasteiger partial charge in [0.15, 0.2) is 0 Å². The topological polar surface area (TPSA) is 86.7 Å². The van der Waals surface area contributed by atoms with Crippen molar-refractivity contribution in [2.24, 2.45) is 0 Å². The minimum absolute atomic E-state index is 0.186. The summed E-state index contributed by atoms with van der Waals surface area (Å²) in [6.07, 6.45) is 3.14. The molecule has 1 saturated heterocycles. The van der Waals surface area contributed by atoms with E-state index in [0.717, 1.165) is 18.9 Å². The van der Waals surface area contributed by atoms with Gasteiger partial charge < -0.3 is 15.3 Å². The third-order valence-corrected chi connectivity index (χ3v) is 2.71. The molecule has 1 aliphatic rings. The zero-order chi connectivity index (χ0) is 12.8. The molecule has 0 aromatic carbocycles. The van der Waals surface area contributed by atoms with Crippen LogP contribution in [0.25, 0.3) is 0 Å². The lowest BCUT2D eigenvalue weighted by molar-refractivity contribution is -0.151. The molecule has 0 aromatic rings. The Kier molecular flexibility index (Phi) is 4.68. The zero-order valence-electron chi connectivity index (χ0n) is 9.52. The fourth-order valence-corrected chi connectivity index (χ4v) is 1.82. The van der Waals surface area contributed by atoms with Crippen molar-refractivity contribution >= 4 is 17.8 Å². The van der Waals surface area contributed by atoms with Crippen molar-refractivity contribution in [3.8, 4) is 0 Å². The van der Waals surface area contributed by atoms with Gasteiger partial charge >= 0.3 is 5.97 Å². The summed E-state index contributed by atoms with van der Waals surface area (Å²) in [4.78, 5) is 34.9. The minimum atomic E-state index is -0.993. The van der Waals surface area contributed by atoms with Crippen LogP contribution >= 0.6 is 0 Å². The summed E-state index contributed by atoms with van der Waals surface area (Å²) >= 11 is 0. The molecule has 0 saturated carbocycles. The van der Waals surface area contributed by atoms with Crippen LogP contribution < -0.4 is 5.32 Å². The lowest BCUT2D eigenvalue weighted by atomic mass is 10.0. The van der Waals surface area contributed by atoms with Gasteiger partial charge in [-0.05, 0) is 25.3 Å². The van der Waals surface area contributed by atoms with Gasteiger partial charge in [0.2, 0.25) is 11.8 Å². The first kappa shape index (κ1) is 13.2. The average molecular weight is 240 g/mol. The number of hydrogen-bond donors (Lipinski definition) is 2. The molecular formula is C11H16N2O4. The van der Waals surface area contributed by atoms with Gasteiger partial charge in [-0.1, -0.05) is 6.58 Å². The summed E-state index contributed by atoms with van der Waals surface area (Å²) in [6.45, 7) is 3.51. The summed E-state index contributed by atoms with van der Waals surface area (Å²) in [5, 5.41) is 11.3. The molecule has 1 fully saturated rings. The average Bonchev–Trinajstić information content (AvgIpc) is 2.35. The Balaban J connectivity index is 2.56. The SMILES string of the molecule is C=CC(=O)NCC(=O)N1CCCC[C@H]1C(=O)O. The zero-order valence-corrected chi connectivity index (χ0v) is 9.52. The second-order valence-corrected chi connectivity index (χ2v) is 3.86. The van der Waals surface area contributed by atoms with Crippen molar-refractivity contribution in [1.29, 1.82) is 0 Å². The van der Waals surface area contributed by atoms with Crippen molar-refractivity contribution in [2.45, 2.75) is 25.3 Å². The van der Waals surface area contributed by atoms with E-state index in [2.05, 4.69) is 11.9 Å². The van der Waals surface area contributed by atoms with Crippen molar-refractivity contribution in [1.82, 2.24) is 10.2 Å². The third-order valence-electron chi connectivity index (χ3n) is 2.71. The van der Waals surface area contributed by atoms with Crippen LogP contribution in [0.2, 0.25) is 0 Å². The molecule has 2 N–H and O–H groups in total. The maximum absolute atomic E-state index is 11.7. The van der Waals surface area contributed by atoms with E-state index in [9.17, 15) is 14.4 Å². The molecule has 0 bridgehead atoms. The first-order chi connectivity index (χ1) is 8.06. The number of piperidine rings is 1. The Labute approximate surface area is 99.3 Å². The van der Waals surface area contributed by atoms with E-state index in [-0.39, 0.29) is 12.5 Å². The molecule has 1 aliphatic heterocycles. The predicted molar refractivity (Wildman–Crippen MR) is 60.2 cm³/mol. The fourth-order valence-electron chi connectivity index (χ4n) is 1.82. The number of carbonyl (C=O) groups is 3. The summed E-state index contributed by atoms with van der Waals surface area (Å²) in [5.41, 5.74) is 0. The lowest BCUT2D eigenvalue weighted by Gasteiger charge is -2.32. The number of carbonyl (C=O) groups excluding carboxylic acids is 2. The van der Waals surface area contributed by atoms with E-state index < -0.39 is 17.9 Å². The van der Waals surface area contributed by atoms with Crippen LogP contribution in [-0.2, 0) is 14.4 Å². The second kappa shape index (κ2) is 6.03.